The zero-order chi connectivity index (χ0) is 21.1. The molecule has 5 atom stereocenters. The first-order valence-corrected chi connectivity index (χ1v) is 9.26. The van der Waals surface area contributed by atoms with Crippen LogP contribution in [0.25, 0.3) is 6.08 Å². The van der Waals surface area contributed by atoms with E-state index in [1.54, 1.807) is 6.08 Å². The van der Waals surface area contributed by atoms with Crippen molar-refractivity contribution in [1.82, 2.24) is 0 Å². The summed E-state index contributed by atoms with van der Waals surface area (Å²) in [5, 5.41) is 29.0. The molecule has 1 aromatic carbocycles. The lowest BCUT2D eigenvalue weighted by molar-refractivity contribution is -0.152. The first-order chi connectivity index (χ1) is 13.8. The molecule has 3 rings (SSSR count). The highest BCUT2D eigenvalue weighted by Gasteiger charge is 2.51. The lowest BCUT2D eigenvalue weighted by atomic mass is 10.0. The van der Waals surface area contributed by atoms with Crippen molar-refractivity contribution in [2.45, 2.75) is 38.1 Å². The SMILES string of the molecule is C[C@@H](OC(=O)/C=C\c1ccc(O)c(O)c1)C(=O)[C@H]1C[C@@H]1[C@H](O)[C@H]1CC=CC(=O)O1. The van der Waals surface area contributed by atoms with Crippen molar-refractivity contribution in [3.63, 3.8) is 0 Å². The van der Waals surface area contributed by atoms with Crippen molar-refractivity contribution in [1.29, 1.82) is 0 Å². The molecule has 0 saturated heterocycles. The minimum Gasteiger partial charge on any atom is -0.504 e. The number of hydrogen-bond donors (Lipinski definition) is 3. The van der Waals surface area contributed by atoms with Crippen molar-refractivity contribution in [3.05, 3.63) is 42.0 Å². The molecule has 3 N–H and O–H groups in total. The summed E-state index contributed by atoms with van der Waals surface area (Å²) < 4.78 is 10.2. The molecular formula is C21H22O8. The Hall–Kier alpha value is -3.13. The van der Waals surface area contributed by atoms with Crippen LogP contribution < -0.4 is 0 Å². The van der Waals surface area contributed by atoms with Crippen LogP contribution in [0, 0.1) is 11.8 Å². The molecule has 8 heteroatoms. The van der Waals surface area contributed by atoms with Gasteiger partial charge in [-0.05, 0) is 43.0 Å². The molecule has 29 heavy (non-hydrogen) atoms. The number of ether oxygens (including phenoxy) is 2. The molecule has 1 heterocycles. The van der Waals surface area contributed by atoms with Crippen LogP contribution in [0.3, 0.4) is 0 Å². The van der Waals surface area contributed by atoms with Crippen molar-refractivity contribution in [3.8, 4) is 11.5 Å². The number of benzene rings is 1. The first-order valence-electron chi connectivity index (χ1n) is 9.26. The summed E-state index contributed by atoms with van der Waals surface area (Å²) in [6.07, 6.45) is 3.67. The second kappa shape index (κ2) is 8.48. The van der Waals surface area contributed by atoms with E-state index in [-0.39, 0.29) is 23.2 Å². The zero-order valence-corrected chi connectivity index (χ0v) is 15.7. The fourth-order valence-corrected chi connectivity index (χ4v) is 3.32. The Kier molecular flexibility index (Phi) is 6.03. The molecule has 2 aliphatic rings. The molecule has 1 aliphatic carbocycles. The summed E-state index contributed by atoms with van der Waals surface area (Å²) >= 11 is 0. The molecule has 0 radical (unpaired) electrons. The highest BCUT2D eigenvalue weighted by molar-refractivity contribution is 5.93. The molecule has 8 nitrogen and oxygen atoms in total. The maximum Gasteiger partial charge on any atom is 0.331 e. The maximum absolute atomic E-state index is 12.5. The Balaban J connectivity index is 1.49. The van der Waals surface area contributed by atoms with Crippen LogP contribution in [0.4, 0.5) is 0 Å². The monoisotopic (exact) mass is 402 g/mol. The number of carbonyl (C=O) groups is 3. The lowest BCUT2D eigenvalue weighted by Crippen LogP contribution is -2.35. The second-order valence-corrected chi connectivity index (χ2v) is 7.17. The summed E-state index contributed by atoms with van der Waals surface area (Å²) in [5.41, 5.74) is 0.470. The minimum absolute atomic E-state index is 0.274. The third-order valence-corrected chi connectivity index (χ3v) is 5.02. The van der Waals surface area contributed by atoms with Gasteiger partial charge in [0.15, 0.2) is 23.4 Å². The number of aromatic hydroxyl groups is 2. The van der Waals surface area contributed by atoms with Gasteiger partial charge in [-0.1, -0.05) is 12.1 Å². The summed E-state index contributed by atoms with van der Waals surface area (Å²) in [6, 6.07) is 4.05. The van der Waals surface area contributed by atoms with Gasteiger partial charge in [0, 0.05) is 24.5 Å². The van der Waals surface area contributed by atoms with Gasteiger partial charge in [-0.15, -0.1) is 0 Å². The first kappa shape index (κ1) is 20.6. The van der Waals surface area contributed by atoms with E-state index in [0.717, 1.165) is 6.08 Å². The van der Waals surface area contributed by atoms with Crippen molar-refractivity contribution < 1.29 is 39.2 Å². The number of carbonyl (C=O) groups excluding carboxylic acids is 3. The van der Waals surface area contributed by atoms with Crippen LogP contribution in [0.5, 0.6) is 11.5 Å². The second-order valence-electron chi connectivity index (χ2n) is 7.17. The molecule has 1 aliphatic heterocycles. The average molecular weight is 402 g/mol. The van der Waals surface area contributed by atoms with Gasteiger partial charge in [-0.3, -0.25) is 4.79 Å². The van der Waals surface area contributed by atoms with E-state index in [0.29, 0.717) is 18.4 Å². The van der Waals surface area contributed by atoms with E-state index in [2.05, 4.69) is 0 Å². The topological polar surface area (TPSA) is 130 Å². The lowest BCUT2D eigenvalue weighted by Gasteiger charge is -2.24. The van der Waals surface area contributed by atoms with Crippen LogP contribution in [0.2, 0.25) is 0 Å². The van der Waals surface area contributed by atoms with Crippen molar-refractivity contribution >= 4 is 23.8 Å². The predicted octanol–water partition coefficient (Wildman–Crippen LogP) is 1.48. The molecule has 1 saturated carbocycles. The number of hydrogen-bond acceptors (Lipinski definition) is 8. The van der Waals surface area contributed by atoms with Crippen molar-refractivity contribution in [2.75, 3.05) is 0 Å². The number of esters is 2. The Bertz CT molecular complexity index is 871. The number of Topliss-reactive ketones (excluding diaryl/α,β-unsaturated/α-hetero) is 1. The van der Waals surface area contributed by atoms with E-state index in [1.807, 2.05) is 0 Å². The van der Waals surface area contributed by atoms with Crippen LogP contribution in [0.1, 0.15) is 25.3 Å². The molecular weight excluding hydrogens is 380 g/mol. The third-order valence-electron chi connectivity index (χ3n) is 5.02. The molecule has 0 amide bonds. The van der Waals surface area contributed by atoms with E-state index in [4.69, 9.17) is 9.47 Å². The molecule has 0 spiro atoms. The number of aliphatic hydroxyl groups is 1. The molecule has 1 aromatic rings. The fraction of sp³-hybridized carbons (Fsp3) is 0.381. The highest BCUT2D eigenvalue weighted by Crippen LogP contribution is 2.45. The van der Waals surface area contributed by atoms with Gasteiger partial charge in [-0.2, -0.15) is 0 Å². The summed E-state index contributed by atoms with van der Waals surface area (Å²) in [5.74, 6) is -2.91. The van der Waals surface area contributed by atoms with Gasteiger partial charge >= 0.3 is 11.9 Å². The quantitative estimate of drug-likeness (QED) is 0.355. The predicted molar refractivity (Wildman–Crippen MR) is 101 cm³/mol. The fourth-order valence-electron chi connectivity index (χ4n) is 3.32. The average Bonchev–Trinajstić information content (AvgIpc) is 3.48. The molecule has 154 valence electrons. The van der Waals surface area contributed by atoms with E-state index in [9.17, 15) is 29.7 Å². The number of rotatable bonds is 7. The number of ketones is 1. The largest absolute Gasteiger partial charge is 0.504 e. The van der Waals surface area contributed by atoms with Crippen LogP contribution in [-0.4, -0.2) is 51.4 Å². The molecule has 0 bridgehead atoms. The minimum atomic E-state index is -0.989. The van der Waals surface area contributed by atoms with Gasteiger partial charge in [0.25, 0.3) is 0 Å². The Morgan fingerprint density at radius 1 is 1.28 bits per heavy atom. The Morgan fingerprint density at radius 2 is 2.03 bits per heavy atom. The number of aliphatic hydroxyl groups excluding tert-OH is 1. The Labute approximate surface area is 167 Å². The molecule has 0 unspecified atom stereocenters. The van der Waals surface area contributed by atoms with Gasteiger partial charge in [0.05, 0.1) is 6.10 Å². The van der Waals surface area contributed by atoms with Crippen LogP contribution in [-0.2, 0) is 23.9 Å². The van der Waals surface area contributed by atoms with Gasteiger partial charge in [0.2, 0.25) is 0 Å². The number of phenolic OH excluding ortho intramolecular Hbond substituents is 2. The van der Waals surface area contributed by atoms with Gasteiger partial charge < -0.3 is 24.8 Å². The van der Waals surface area contributed by atoms with Crippen LogP contribution >= 0.6 is 0 Å². The molecule has 1 fully saturated rings. The third kappa shape index (κ3) is 5.03. The zero-order valence-electron chi connectivity index (χ0n) is 15.7. The standard InChI is InChI=1S/C21H22O8/c1-11(28-19(25)8-6-12-5-7-15(22)16(23)9-12)20(26)13-10-14(13)21(27)17-3-2-4-18(24)29-17/h2,4-9,11,13-14,17,21-23,27H,3,10H2,1H3/b8-6-/t11-,13+,14+,17-,21+/m1/s1. The summed E-state index contributed by atoms with van der Waals surface area (Å²) in [4.78, 5) is 35.7. The van der Waals surface area contributed by atoms with E-state index in [1.165, 1.54) is 37.3 Å². The van der Waals surface area contributed by atoms with E-state index < -0.39 is 36.2 Å². The number of phenols is 2. The maximum atomic E-state index is 12.5. The Morgan fingerprint density at radius 3 is 2.72 bits per heavy atom. The van der Waals surface area contributed by atoms with Crippen LogP contribution in [0.15, 0.2) is 36.4 Å². The molecule has 0 aromatic heterocycles. The smallest absolute Gasteiger partial charge is 0.331 e. The van der Waals surface area contributed by atoms with Gasteiger partial charge in [-0.25, -0.2) is 9.59 Å². The summed E-state index contributed by atoms with van der Waals surface area (Å²) in [6.45, 7) is 1.46. The highest BCUT2D eigenvalue weighted by atomic mass is 16.6. The van der Waals surface area contributed by atoms with Gasteiger partial charge in [0.1, 0.15) is 6.10 Å². The summed E-state index contributed by atoms with van der Waals surface area (Å²) in [7, 11) is 0. The number of cyclic esters (lactones) is 1. The normalized spacial score (nSPS) is 25.3. The van der Waals surface area contributed by atoms with Crippen molar-refractivity contribution in [2.24, 2.45) is 11.8 Å². The van der Waals surface area contributed by atoms with E-state index >= 15 is 0 Å².